The fraction of sp³-hybridized carbons (Fsp3) is 0.571. The molecule has 0 aliphatic heterocycles. The van der Waals surface area contributed by atoms with E-state index >= 15 is 0 Å². The first-order valence-corrected chi connectivity index (χ1v) is 8.45. The van der Waals surface area contributed by atoms with Crippen LogP contribution in [0.1, 0.15) is 31.2 Å². The van der Waals surface area contributed by atoms with Crippen molar-refractivity contribution in [2.24, 2.45) is 0 Å². The Labute approximate surface area is 120 Å². The van der Waals surface area contributed by atoms with Crippen LogP contribution in [0, 0.1) is 6.92 Å². The molecule has 0 spiro atoms. The number of hydrogen-bond donors (Lipinski definition) is 2. The number of sulfonamides is 1. The molecule has 0 unspecified atom stereocenters. The van der Waals surface area contributed by atoms with E-state index in [2.05, 4.69) is 4.72 Å². The van der Waals surface area contributed by atoms with Crippen molar-refractivity contribution in [1.29, 1.82) is 0 Å². The van der Waals surface area contributed by atoms with Crippen LogP contribution in [0.2, 0.25) is 0 Å². The zero-order valence-corrected chi connectivity index (χ0v) is 12.6. The van der Waals surface area contributed by atoms with Gasteiger partial charge in [0.15, 0.2) is 0 Å². The van der Waals surface area contributed by atoms with E-state index < -0.39 is 10.0 Å². The van der Waals surface area contributed by atoms with Crippen LogP contribution in [0.5, 0.6) is 0 Å². The van der Waals surface area contributed by atoms with Crippen molar-refractivity contribution < 1.29 is 13.2 Å². The quantitative estimate of drug-likeness (QED) is 0.620. The number of nitrogens with one attached hydrogen (secondary N) is 1. The van der Waals surface area contributed by atoms with Crippen molar-refractivity contribution in [2.45, 2.75) is 43.6 Å². The molecule has 112 valence electrons. The third-order valence-electron chi connectivity index (χ3n) is 3.55. The van der Waals surface area contributed by atoms with Crippen molar-refractivity contribution >= 4 is 15.7 Å². The van der Waals surface area contributed by atoms with Gasteiger partial charge in [-0.25, -0.2) is 13.1 Å². The van der Waals surface area contributed by atoms with E-state index in [4.69, 9.17) is 10.5 Å². The second kappa shape index (κ2) is 6.56. The predicted octanol–water partition coefficient (Wildman–Crippen LogP) is 1.81. The molecule has 3 N–H and O–H groups in total. The number of anilines is 1. The molecule has 1 saturated carbocycles. The Morgan fingerprint density at radius 3 is 2.75 bits per heavy atom. The largest absolute Gasteiger partial charge is 0.399 e. The molecule has 1 aliphatic rings. The van der Waals surface area contributed by atoms with Crippen molar-refractivity contribution in [3.8, 4) is 0 Å². The van der Waals surface area contributed by atoms with Gasteiger partial charge in [-0.15, -0.1) is 0 Å². The molecule has 0 heterocycles. The Morgan fingerprint density at radius 2 is 2.05 bits per heavy atom. The summed E-state index contributed by atoms with van der Waals surface area (Å²) in [6.45, 7) is 2.45. The van der Waals surface area contributed by atoms with E-state index in [1.807, 2.05) is 0 Å². The molecule has 0 aromatic heterocycles. The molecule has 6 heteroatoms. The van der Waals surface area contributed by atoms with Gasteiger partial charge in [0.05, 0.1) is 17.6 Å². The summed E-state index contributed by atoms with van der Waals surface area (Å²) in [5.41, 5.74) is 6.77. The molecule has 1 fully saturated rings. The van der Waals surface area contributed by atoms with Crippen LogP contribution in [0.15, 0.2) is 23.1 Å². The lowest BCUT2D eigenvalue weighted by Gasteiger charge is -2.13. The van der Waals surface area contributed by atoms with Crippen LogP contribution >= 0.6 is 0 Å². The molecule has 0 saturated heterocycles. The molecule has 0 radical (unpaired) electrons. The molecule has 1 aliphatic carbocycles. The lowest BCUT2D eigenvalue weighted by atomic mass is 10.2. The van der Waals surface area contributed by atoms with Crippen LogP contribution in [-0.2, 0) is 14.8 Å². The molecule has 20 heavy (non-hydrogen) atoms. The van der Waals surface area contributed by atoms with Crippen LogP contribution < -0.4 is 10.5 Å². The topological polar surface area (TPSA) is 81.4 Å². The van der Waals surface area contributed by atoms with Crippen LogP contribution in [-0.4, -0.2) is 27.7 Å². The minimum absolute atomic E-state index is 0.235. The maximum atomic E-state index is 12.2. The first-order valence-electron chi connectivity index (χ1n) is 6.96. The Morgan fingerprint density at radius 1 is 1.35 bits per heavy atom. The van der Waals surface area contributed by atoms with Gasteiger partial charge < -0.3 is 10.5 Å². The Balaban J connectivity index is 1.88. The van der Waals surface area contributed by atoms with Crippen molar-refractivity contribution in [3.05, 3.63) is 23.8 Å². The maximum Gasteiger partial charge on any atom is 0.240 e. The number of rotatable bonds is 6. The van der Waals surface area contributed by atoms with Crippen LogP contribution in [0.4, 0.5) is 5.69 Å². The molecule has 2 rings (SSSR count). The molecule has 5 nitrogen and oxygen atoms in total. The van der Waals surface area contributed by atoms with Crippen molar-refractivity contribution in [1.82, 2.24) is 4.72 Å². The molecule has 0 bridgehead atoms. The van der Waals surface area contributed by atoms with Crippen molar-refractivity contribution in [3.63, 3.8) is 0 Å². The summed E-state index contributed by atoms with van der Waals surface area (Å²) >= 11 is 0. The van der Waals surface area contributed by atoms with Gasteiger partial charge in [-0.2, -0.15) is 0 Å². The summed E-state index contributed by atoms with van der Waals surface area (Å²) in [4.78, 5) is 0.235. The van der Waals surface area contributed by atoms with E-state index in [0.717, 1.165) is 12.8 Å². The second-order valence-electron chi connectivity index (χ2n) is 5.20. The smallest absolute Gasteiger partial charge is 0.240 e. The predicted molar refractivity (Wildman–Crippen MR) is 79.0 cm³/mol. The highest BCUT2D eigenvalue weighted by atomic mass is 32.2. The molecule has 0 amide bonds. The van der Waals surface area contributed by atoms with Gasteiger partial charge in [0.25, 0.3) is 0 Å². The van der Waals surface area contributed by atoms with E-state index in [1.54, 1.807) is 19.1 Å². The molecule has 0 atom stereocenters. The second-order valence-corrected chi connectivity index (χ2v) is 6.94. The summed E-state index contributed by atoms with van der Waals surface area (Å²) in [6, 6.07) is 4.88. The molecule has 1 aromatic carbocycles. The van der Waals surface area contributed by atoms with Gasteiger partial charge in [0, 0.05) is 12.2 Å². The summed E-state index contributed by atoms with van der Waals surface area (Å²) in [5.74, 6) is 0. The monoisotopic (exact) mass is 298 g/mol. The van der Waals surface area contributed by atoms with Gasteiger partial charge in [-0.3, -0.25) is 0 Å². The lowest BCUT2D eigenvalue weighted by Crippen LogP contribution is -2.29. The first-order chi connectivity index (χ1) is 9.49. The molecular weight excluding hydrogens is 276 g/mol. The number of nitrogens with two attached hydrogens (primary N) is 1. The van der Waals surface area contributed by atoms with E-state index in [0.29, 0.717) is 24.0 Å². The van der Waals surface area contributed by atoms with Crippen LogP contribution in [0.25, 0.3) is 0 Å². The standard InChI is InChI=1S/C14H22N2O3S/c1-11-6-7-12(15)10-14(11)20(17,18)16-8-9-19-13-4-2-3-5-13/h6-7,10,13,16H,2-5,8-9,15H2,1H3. The third-order valence-corrected chi connectivity index (χ3v) is 5.15. The average molecular weight is 298 g/mol. The van der Waals surface area contributed by atoms with E-state index in [-0.39, 0.29) is 11.4 Å². The Hall–Kier alpha value is -1.11. The van der Waals surface area contributed by atoms with Crippen molar-refractivity contribution in [2.75, 3.05) is 18.9 Å². The zero-order chi connectivity index (χ0) is 14.6. The van der Waals surface area contributed by atoms with Gasteiger partial charge in [0.2, 0.25) is 10.0 Å². The van der Waals surface area contributed by atoms with E-state index in [9.17, 15) is 8.42 Å². The highest BCUT2D eigenvalue weighted by molar-refractivity contribution is 7.89. The third kappa shape index (κ3) is 3.94. The minimum atomic E-state index is -3.52. The van der Waals surface area contributed by atoms with Gasteiger partial charge in [0.1, 0.15) is 0 Å². The average Bonchev–Trinajstić information content (AvgIpc) is 2.90. The summed E-state index contributed by atoms with van der Waals surface area (Å²) < 4.78 is 32.6. The van der Waals surface area contributed by atoms with Crippen LogP contribution in [0.3, 0.4) is 0 Å². The number of nitrogen functional groups attached to an aromatic ring is 1. The Kier molecular flexibility index (Phi) is 5.01. The summed E-state index contributed by atoms with van der Waals surface area (Å²) in [7, 11) is -3.52. The van der Waals surface area contributed by atoms with Gasteiger partial charge in [-0.05, 0) is 37.5 Å². The fourth-order valence-corrected chi connectivity index (χ4v) is 3.73. The number of aryl methyl sites for hydroxylation is 1. The summed E-state index contributed by atoms with van der Waals surface area (Å²) in [6.07, 6.45) is 4.88. The maximum absolute atomic E-state index is 12.2. The highest BCUT2D eigenvalue weighted by Gasteiger charge is 2.18. The molecule has 1 aromatic rings. The first kappa shape index (κ1) is 15.3. The number of benzene rings is 1. The van der Waals surface area contributed by atoms with Gasteiger partial charge >= 0.3 is 0 Å². The minimum Gasteiger partial charge on any atom is -0.399 e. The highest BCUT2D eigenvalue weighted by Crippen LogP contribution is 2.21. The zero-order valence-electron chi connectivity index (χ0n) is 11.8. The SMILES string of the molecule is Cc1ccc(N)cc1S(=O)(=O)NCCOC1CCCC1. The number of hydrogen-bond acceptors (Lipinski definition) is 4. The number of ether oxygens (including phenoxy) is 1. The lowest BCUT2D eigenvalue weighted by molar-refractivity contribution is 0.0626. The normalized spacial score (nSPS) is 16.6. The Bertz CT molecular complexity index is 552. The van der Waals surface area contributed by atoms with Gasteiger partial charge in [-0.1, -0.05) is 18.9 Å². The summed E-state index contributed by atoms with van der Waals surface area (Å²) in [5, 5.41) is 0. The van der Waals surface area contributed by atoms with E-state index in [1.165, 1.54) is 18.9 Å². The fourth-order valence-electron chi connectivity index (χ4n) is 2.44. The molecular formula is C14H22N2O3S.